The van der Waals surface area contributed by atoms with Crippen LogP contribution < -0.4 is 11.1 Å². The van der Waals surface area contributed by atoms with Crippen molar-refractivity contribution in [1.82, 2.24) is 10.3 Å². The van der Waals surface area contributed by atoms with Crippen molar-refractivity contribution in [3.63, 3.8) is 0 Å². The Hall–Kier alpha value is -1.95. The number of aromatic nitrogens is 1. The molecule has 6 heteroatoms. The molecule has 0 saturated heterocycles. The number of carboxylic acids is 1. The number of nitrogens with one attached hydrogen (secondary N) is 1. The smallest absolute Gasteiger partial charge is 0.354 e. The minimum atomic E-state index is -1.08. The number of pyridine rings is 1. The van der Waals surface area contributed by atoms with E-state index < -0.39 is 12.0 Å². The van der Waals surface area contributed by atoms with Gasteiger partial charge in [-0.25, -0.2) is 9.78 Å². The Morgan fingerprint density at radius 3 is 2.47 bits per heavy atom. The Kier molecular flexibility index (Phi) is 4.61. The Morgan fingerprint density at radius 1 is 1.42 bits per heavy atom. The van der Waals surface area contributed by atoms with E-state index in [1.807, 2.05) is 20.8 Å². The van der Waals surface area contributed by atoms with Crippen LogP contribution in [0.1, 0.15) is 36.8 Å². The molecule has 4 N–H and O–H groups in total. The molecule has 0 radical (unpaired) electrons. The summed E-state index contributed by atoms with van der Waals surface area (Å²) < 4.78 is 0. The average Bonchev–Trinajstić information content (AvgIpc) is 2.34. The van der Waals surface area contributed by atoms with Gasteiger partial charge in [-0.15, -0.1) is 0 Å². The monoisotopic (exact) mass is 265 g/mol. The number of nitrogens with zero attached hydrogens (tertiary/aromatic N) is 1. The number of hydrogen-bond donors (Lipinski definition) is 3. The molecule has 6 nitrogen and oxygen atoms in total. The zero-order valence-corrected chi connectivity index (χ0v) is 11.3. The zero-order chi connectivity index (χ0) is 14.6. The molecule has 0 aromatic carbocycles. The fourth-order valence-corrected chi connectivity index (χ4v) is 1.35. The van der Waals surface area contributed by atoms with E-state index in [4.69, 9.17) is 10.8 Å². The first-order valence-electron chi connectivity index (χ1n) is 5.93. The number of nitrogens with two attached hydrogens (primary N) is 1. The number of carboxylic acid groups (broad SMARTS) is 1. The first-order chi connectivity index (χ1) is 8.71. The van der Waals surface area contributed by atoms with Crippen molar-refractivity contribution in [2.24, 2.45) is 11.1 Å². The molecule has 0 aliphatic heterocycles. The Morgan fingerprint density at radius 2 is 2.05 bits per heavy atom. The molecule has 0 spiro atoms. The zero-order valence-electron chi connectivity index (χ0n) is 11.3. The predicted octanol–water partition coefficient (Wildman–Crippen LogP) is 0.769. The lowest BCUT2D eigenvalue weighted by atomic mass is 9.87. The highest BCUT2D eigenvalue weighted by atomic mass is 16.4. The number of amides is 1. The van der Waals surface area contributed by atoms with E-state index in [0.29, 0.717) is 0 Å². The summed E-state index contributed by atoms with van der Waals surface area (Å²) in [6, 6.07) is 2.41. The molecule has 1 rings (SSSR count). The largest absolute Gasteiger partial charge is 0.477 e. The molecule has 1 aromatic heterocycles. The lowest BCUT2D eigenvalue weighted by Crippen LogP contribution is -2.48. The van der Waals surface area contributed by atoms with E-state index in [1.165, 1.54) is 12.3 Å². The fraction of sp³-hybridized carbons (Fsp3) is 0.462. The maximum Gasteiger partial charge on any atom is 0.354 e. The molecule has 19 heavy (non-hydrogen) atoms. The Labute approximate surface area is 112 Å². The summed E-state index contributed by atoms with van der Waals surface area (Å²) in [6.45, 7) is 5.94. The second-order valence-corrected chi connectivity index (χ2v) is 5.42. The first-order valence-corrected chi connectivity index (χ1v) is 5.93. The molecule has 0 unspecified atom stereocenters. The first kappa shape index (κ1) is 15.1. The number of carbonyl (C=O) groups excluding carboxylic acids is 1. The summed E-state index contributed by atoms with van der Waals surface area (Å²) in [5.41, 5.74) is 6.20. The molecule has 104 valence electrons. The molecule has 1 amide bonds. The topological polar surface area (TPSA) is 105 Å². The average molecular weight is 265 g/mol. The van der Waals surface area contributed by atoms with Crippen LogP contribution in [0.5, 0.6) is 0 Å². The summed E-state index contributed by atoms with van der Waals surface area (Å²) in [7, 11) is 0. The van der Waals surface area contributed by atoms with Crippen molar-refractivity contribution in [1.29, 1.82) is 0 Å². The molecule has 0 aliphatic rings. The Bertz CT molecular complexity index is 463. The van der Waals surface area contributed by atoms with E-state index in [0.717, 1.165) is 5.56 Å². The molecule has 1 aromatic rings. The third-order valence-electron chi connectivity index (χ3n) is 2.73. The second kappa shape index (κ2) is 5.79. The lowest BCUT2D eigenvalue weighted by Gasteiger charge is -2.25. The van der Waals surface area contributed by atoms with Gasteiger partial charge < -0.3 is 16.2 Å². The van der Waals surface area contributed by atoms with Crippen LogP contribution in [0.25, 0.3) is 0 Å². The summed E-state index contributed by atoms with van der Waals surface area (Å²) in [5, 5.41) is 11.4. The van der Waals surface area contributed by atoms with E-state index >= 15 is 0 Å². The SMILES string of the molecule is CC(C)(C)[C@@H](N)C(=O)NCc1ccc(C(=O)O)nc1. The van der Waals surface area contributed by atoms with Gasteiger partial charge in [0, 0.05) is 12.7 Å². The van der Waals surface area contributed by atoms with Crippen LogP contribution in [0.3, 0.4) is 0 Å². The van der Waals surface area contributed by atoms with Crippen molar-refractivity contribution in [3.05, 3.63) is 29.6 Å². The van der Waals surface area contributed by atoms with Crippen molar-refractivity contribution in [3.8, 4) is 0 Å². The standard InChI is InChI=1S/C13H19N3O3/c1-13(2,3)10(14)11(17)16-7-8-4-5-9(12(18)19)15-6-8/h4-6,10H,7,14H2,1-3H3,(H,16,17)(H,18,19)/t10-/m0/s1. The van der Waals surface area contributed by atoms with Crippen molar-refractivity contribution >= 4 is 11.9 Å². The normalized spacial score (nSPS) is 12.8. The molecular formula is C13H19N3O3. The van der Waals surface area contributed by atoms with Crippen LogP contribution in [0, 0.1) is 5.41 Å². The van der Waals surface area contributed by atoms with E-state index in [1.54, 1.807) is 6.07 Å². The van der Waals surface area contributed by atoms with Crippen molar-refractivity contribution < 1.29 is 14.7 Å². The number of aromatic carboxylic acids is 1. The highest BCUT2D eigenvalue weighted by Crippen LogP contribution is 2.17. The molecule has 0 saturated carbocycles. The third kappa shape index (κ3) is 4.33. The fourth-order valence-electron chi connectivity index (χ4n) is 1.35. The molecule has 1 heterocycles. The van der Waals surface area contributed by atoms with Gasteiger partial charge in [0.2, 0.25) is 5.91 Å². The summed E-state index contributed by atoms with van der Waals surface area (Å²) in [6.07, 6.45) is 1.42. The minimum absolute atomic E-state index is 0.0264. The second-order valence-electron chi connectivity index (χ2n) is 5.42. The van der Waals surface area contributed by atoms with Crippen LogP contribution in [-0.4, -0.2) is 28.0 Å². The molecule has 1 atom stereocenters. The van der Waals surface area contributed by atoms with Gasteiger partial charge in [0.25, 0.3) is 0 Å². The third-order valence-corrected chi connectivity index (χ3v) is 2.73. The van der Waals surface area contributed by atoms with E-state index in [9.17, 15) is 9.59 Å². The van der Waals surface area contributed by atoms with Gasteiger partial charge in [-0.05, 0) is 17.0 Å². The highest BCUT2D eigenvalue weighted by Gasteiger charge is 2.27. The highest BCUT2D eigenvalue weighted by molar-refractivity contribution is 5.85. The van der Waals surface area contributed by atoms with Gasteiger partial charge in [0.1, 0.15) is 5.69 Å². The van der Waals surface area contributed by atoms with Crippen LogP contribution >= 0.6 is 0 Å². The molecular weight excluding hydrogens is 246 g/mol. The van der Waals surface area contributed by atoms with Crippen LogP contribution in [0.2, 0.25) is 0 Å². The van der Waals surface area contributed by atoms with Crippen LogP contribution in [0.15, 0.2) is 18.3 Å². The maximum atomic E-state index is 11.8. The molecule has 0 bridgehead atoms. The van der Waals surface area contributed by atoms with Crippen LogP contribution in [0.4, 0.5) is 0 Å². The van der Waals surface area contributed by atoms with Gasteiger partial charge in [0.15, 0.2) is 0 Å². The summed E-state index contributed by atoms with van der Waals surface area (Å²) in [4.78, 5) is 26.2. The van der Waals surface area contributed by atoms with Crippen molar-refractivity contribution in [2.45, 2.75) is 33.4 Å². The number of rotatable bonds is 4. The van der Waals surface area contributed by atoms with Crippen LogP contribution in [-0.2, 0) is 11.3 Å². The minimum Gasteiger partial charge on any atom is -0.477 e. The van der Waals surface area contributed by atoms with Crippen molar-refractivity contribution in [2.75, 3.05) is 0 Å². The summed E-state index contributed by atoms with van der Waals surface area (Å²) in [5.74, 6) is -1.32. The van der Waals surface area contributed by atoms with Gasteiger partial charge >= 0.3 is 5.97 Å². The van der Waals surface area contributed by atoms with Gasteiger partial charge in [0.05, 0.1) is 6.04 Å². The Balaban J connectivity index is 2.58. The van der Waals surface area contributed by atoms with E-state index in [2.05, 4.69) is 10.3 Å². The molecule has 0 fully saturated rings. The molecule has 0 aliphatic carbocycles. The summed E-state index contributed by atoms with van der Waals surface area (Å²) >= 11 is 0. The van der Waals surface area contributed by atoms with E-state index in [-0.39, 0.29) is 23.6 Å². The van der Waals surface area contributed by atoms with Gasteiger partial charge in [-0.2, -0.15) is 0 Å². The number of carbonyl (C=O) groups is 2. The lowest BCUT2D eigenvalue weighted by molar-refractivity contribution is -0.124. The predicted molar refractivity (Wildman–Crippen MR) is 70.5 cm³/mol. The van der Waals surface area contributed by atoms with Gasteiger partial charge in [-0.3, -0.25) is 4.79 Å². The van der Waals surface area contributed by atoms with Gasteiger partial charge in [-0.1, -0.05) is 26.8 Å². The number of hydrogen-bond acceptors (Lipinski definition) is 4. The maximum absolute atomic E-state index is 11.8. The quantitative estimate of drug-likeness (QED) is 0.745.